The molecule has 2 rings (SSSR count). The van der Waals surface area contributed by atoms with Crippen LogP contribution in [0.2, 0.25) is 0 Å². The summed E-state index contributed by atoms with van der Waals surface area (Å²) in [6.07, 6.45) is 1.22. The van der Waals surface area contributed by atoms with E-state index in [-0.39, 0.29) is 5.91 Å². The Kier molecular flexibility index (Phi) is 3.07. The molecule has 0 aliphatic carbocycles. The molecule has 4 nitrogen and oxygen atoms in total. The van der Waals surface area contributed by atoms with E-state index < -0.39 is 0 Å². The van der Waals surface area contributed by atoms with Gasteiger partial charge in [0.05, 0.1) is 11.0 Å². The van der Waals surface area contributed by atoms with Crippen molar-refractivity contribution in [2.45, 2.75) is 0 Å². The number of rotatable bonds is 2. The number of amides is 1. The standard InChI is InChI=1S/C11H8IN3O/c1-2-3-10(16)15-11-13-8-5-4-7(12)6-9(8)14-11/h3-6H,1H2,(H2,13,14,15,16). The van der Waals surface area contributed by atoms with Gasteiger partial charge in [-0.25, -0.2) is 4.98 Å². The number of anilines is 1. The molecule has 0 bridgehead atoms. The van der Waals surface area contributed by atoms with Crippen molar-refractivity contribution in [3.8, 4) is 0 Å². The fourth-order valence-corrected chi connectivity index (χ4v) is 1.78. The van der Waals surface area contributed by atoms with Gasteiger partial charge in [-0.3, -0.25) is 10.1 Å². The summed E-state index contributed by atoms with van der Waals surface area (Å²) < 4.78 is 1.11. The smallest absolute Gasteiger partial charge is 0.258 e. The Bertz CT molecular complexity index is 596. The molecule has 16 heavy (non-hydrogen) atoms. The van der Waals surface area contributed by atoms with Crippen LogP contribution in [-0.2, 0) is 4.79 Å². The second-order valence-corrected chi connectivity index (χ2v) is 4.33. The number of benzene rings is 1. The van der Waals surface area contributed by atoms with Crippen LogP contribution in [0.3, 0.4) is 0 Å². The van der Waals surface area contributed by atoms with Crippen molar-refractivity contribution in [3.63, 3.8) is 0 Å². The molecule has 0 fully saturated rings. The number of halogens is 1. The Morgan fingerprint density at radius 1 is 1.62 bits per heavy atom. The first kappa shape index (κ1) is 10.9. The molecule has 0 unspecified atom stereocenters. The van der Waals surface area contributed by atoms with E-state index in [0.717, 1.165) is 14.6 Å². The molecular weight excluding hydrogens is 317 g/mol. The van der Waals surface area contributed by atoms with Gasteiger partial charge in [0, 0.05) is 9.65 Å². The summed E-state index contributed by atoms with van der Waals surface area (Å²) in [4.78, 5) is 18.5. The van der Waals surface area contributed by atoms with Crippen LogP contribution in [0, 0.1) is 3.57 Å². The summed E-state index contributed by atoms with van der Waals surface area (Å²) in [6, 6.07) is 5.81. The fraction of sp³-hybridized carbons (Fsp3) is 0. The normalized spacial score (nSPS) is 9.81. The number of H-pyrrole nitrogens is 1. The Balaban J connectivity index is 2.32. The van der Waals surface area contributed by atoms with Gasteiger partial charge in [-0.2, -0.15) is 0 Å². The molecule has 0 spiro atoms. The highest BCUT2D eigenvalue weighted by molar-refractivity contribution is 14.1. The van der Waals surface area contributed by atoms with Gasteiger partial charge in [0.1, 0.15) is 0 Å². The van der Waals surface area contributed by atoms with Crippen LogP contribution in [0.25, 0.3) is 11.0 Å². The SMILES string of the molecule is C=C=CC(=O)Nc1nc2ccc(I)cc2[nH]1. The van der Waals surface area contributed by atoms with Crippen molar-refractivity contribution in [1.82, 2.24) is 9.97 Å². The average molecular weight is 325 g/mol. The van der Waals surface area contributed by atoms with Crippen molar-refractivity contribution >= 4 is 45.5 Å². The maximum absolute atomic E-state index is 11.2. The highest BCUT2D eigenvalue weighted by Gasteiger charge is 2.04. The number of carbonyl (C=O) groups excluding carboxylic acids is 1. The second kappa shape index (κ2) is 4.51. The van der Waals surface area contributed by atoms with Crippen LogP contribution < -0.4 is 5.32 Å². The summed E-state index contributed by atoms with van der Waals surface area (Å²) in [5.41, 5.74) is 4.11. The third-order valence-electron chi connectivity index (χ3n) is 1.92. The van der Waals surface area contributed by atoms with Crippen molar-refractivity contribution < 1.29 is 4.79 Å². The first-order valence-corrected chi connectivity index (χ1v) is 5.59. The summed E-state index contributed by atoms with van der Waals surface area (Å²) in [5, 5.41) is 2.59. The minimum Gasteiger partial charge on any atom is -0.324 e. The number of nitrogens with zero attached hydrogens (tertiary/aromatic N) is 1. The van der Waals surface area contributed by atoms with E-state index in [4.69, 9.17) is 0 Å². The topological polar surface area (TPSA) is 57.8 Å². The van der Waals surface area contributed by atoms with Crippen LogP contribution >= 0.6 is 22.6 Å². The van der Waals surface area contributed by atoms with Crippen LogP contribution in [-0.4, -0.2) is 15.9 Å². The zero-order chi connectivity index (χ0) is 11.5. The molecule has 0 aliphatic heterocycles. The first-order chi connectivity index (χ1) is 7.69. The number of carbonyl (C=O) groups is 1. The van der Waals surface area contributed by atoms with E-state index in [0.29, 0.717) is 5.95 Å². The minimum absolute atomic E-state index is 0.302. The number of aromatic amines is 1. The Hall–Kier alpha value is -1.59. The van der Waals surface area contributed by atoms with Crippen molar-refractivity contribution in [3.05, 3.63) is 40.2 Å². The third kappa shape index (κ3) is 2.32. The molecule has 1 amide bonds. The fourth-order valence-electron chi connectivity index (χ4n) is 1.29. The molecule has 1 heterocycles. The largest absolute Gasteiger partial charge is 0.324 e. The molecule has 0 radical (unpaired) electrons. The van der Waals surface area contributed by atoms with Crippen molar-refractivity contribution in [1.29, 1.82) is 0 Å². The van der Waals surface area contributed by atoms with E-state index in [1.165, 1.54) is 6.08 Å². The van der Waals surface area contributed by atoms with Crippen LogP contribution in [0.5, 0.6) is 0 Å². The zero-order valence-corrected chi connectivity index (χ0v) is 10.4. The minimum atomic E-state index is -0.302. The number of hydrogen-bond acceptors (Lipinski definition) is 2. The zero-order valence-electron chi connectivity index (χ0n) is 8.25. The lowest BCUT2D eigenvalue weighted by Crippen LogP contribution is -2.08. The lowest BCUT2D eigenvalue weighted by Gasteiger charge is -1.93. The maximum Gasteiger partial charge on any atom is 0.258 e. The van der Waals surface area contributed by atoms with E-state index in [2.05, 4.69) is 50.2 Å². The van der Waals surface area contributed by atoms with Crippen LogP contribution in [0.4, 0.5) is 5.95 Å². The molecule has 0 aliphatic rings. The summed E-state index contributed by atoms with van der Waals surface area (Å²) in [5.74, 6) is 0.122. The van der Waals surface area contributed by atoms with Gasteiger partial charge in [-0.15, -0.1) is 5.73 Å². The van der Waals surface area contributed by atoms with Gasteiger partial charge in [-0.1, -0.05) is 6.58 Å². The van der Waals surface area contributed by atoms with Gasteiger partial charge in [0.25, 0.3) is 5.91 Å². The van der Waals surface area contributed by atoms with Gasteiger partial charge in [0.2, 0.25) is 5.95 Å². The van der Waals surface area contributed by atoms with E-state index in [1.54, 1.807) is 0 Å². The molecule has 0 atom stereocenters. The molecule has 1 aromatic heterocycles. The highest BCUT2D eigenvalue weighted by Crippen LogP contribution is 2.17. The molecule has 0 saturated heterocycles. The van der Waals surface area contributed by atoms with Gasteiger partial charge < -0.3 is 4.98 Å². The number of hydrogen-bond donors (Lipinski definition) is 2. The molecule has 0 saturated carbocycles. The number of imidazole rings is 1. The Morgan fingerprint density at radius 3 is 3.19 bits per heavy atom. The quantitative estimate of drug-likeness (QED) is 0.506. The molecule has 2 N–H and O–H groups in total. The number of fused-ring (bicyclic) bond motifs is 1. The third-order valence-corrected chi connectivity index (χ3v) is 2.59. The predicted molar refractivity (Wildman–Crippen MR) is 71.2 cm³/mol. The molecular formula is C11H8IN3O. The molecule has 2 aromatic rings. The van der Waals surface area contributed by atoms with E-state index >= 15 is 0 Å². The molecule has 5 heteroatoms. The predicted octanol–water partition coefficient (Wildman–Crippen LogP) is 2.45. The average Bonchev–Trinajstić information content (AvgIpc) is 2.59. The molecule has 1 aromatic carbocycles. The summed E-state index contributed by atoms with van der Waals surface area (Å²) >= 11 is 2.22. The lowest BCUT2D eigenvalue weighted by molar-refractivity contribution is -0.111. The second-order valence-electron chi connectivity index (χ2n) is 3.08. The summed E-state index contributed by atoms with van der Waals surface area (Å²) in [6.45, 7) is 3.32. The Labute approximate surface area is 106 Å². The number of nitrogens with one attached hydrogen (secondary N) is 2. The van der Waals surface area contributed by atoms with Crippen molar-refractivity contribution in [2.24, 2.45) is 0 Å². The van der Waals surface area contributed by atoms with E-state index in [1.807, 2.05) is 18.2 Å². The Morgan fingerprint density at radius 2 is 2.44 bits per heavy atom. The highest BCUT2D eigenvalue weighted by atomic mass is 127. The first-order valence-electron chi connectivity index (χ1n) is 4.51. The van der Waals surface area contributed by atoms with Gasteiger partial charge >= 0.3 is 0 Å². The van der Waals surface area contributed by atoms with Crippen LogP contribution in [0.15, 0.2) is 36.6 Å². The number of aromatic nitrogens is 2. The monoisotopic (exact) mass is 325 g/mol. The van der Waals surface area contributed by atoms with Gasteiger partial charge in [-0.05, 0) is 40.8 Å². The van der Waals surface area contributed by atoms with E-state index in [9.17, 15) is 4.79 Å². The molecule has 80 valence electrons. The maximum atomic E-state index is 11.2. The summed E-state index contributed by atoms with van der Waals surface area (Å²) in [7, 11) is 0. The van der Waals surface area contributed by atoms with Crippen LogP contribution in [0.1, 0.15) is 0 Å². The lowest BCUT2D eigenvalue weighted by atomic mass is 10.3. The van der Waals surface area contributed by atoms with Gasteiger partial charge in [0.15, 0.2) is 0 Å². The van der Waals surface area contributed by atoms with Crippen molar-refractivity contribution in [2.75, 3.05) is 5.32 Å².